The highest BCUT2D eigenvalue weighted by Gasteiger charge is 2.32. The molecule has 1 aliphatic carbocycles. The molecule has 0 aromatic rings. The summed E-state index contributed by atoms with van der Waals surface area (Å²) in [7, 11) is 0. The van der Waals surface area contributed by atoms with Gasteiger partial charge in [-0.25, -0.2) is 0 Å². The third kappa shape index (κ3) is 3.15. The fraction of sp³-hybridized carbons (Fsp3) is 0.750. The van der Waals surface area contributed by atoms with Gasteiger partial charge < -0.3 is 4.74 Å². The second-order valence-electron chi connectivity index (χ2n) is 3.10. The van der Waals surface area contributed by atoms with Crippen LogP contribution in [0.25, 0.3) is 0 Å². The van der Waals surface area contributed by atoms with Crippen LogP contribution < -0.4 is 0 Å². The third-order valence-electron chi connectivity index (χ3n) is 1.88. The number of hydrogen-bond acceptors (Lipinski definition) is 1. The molecule has 0 N–H and O–H groups in total. The summed E-state index contributed by atoms with van der Waals surface area (Å²) < 4.78 is 38.8. The molecule has 0 aromatic carbocycles. The molecule has 0 unspecified atom stereocenters. The summed E-state index contributed by atoms with van der Waals surface area (Å²) in [5.74, 6) is 0.547. The molecule has 1 atom stereocenters. The molecule has 0 aliphatic heterocycles. The summed E-state index contributed by atoms with van der Waals surface area (Å²) in [6.07, 6.45) is -1.12. The quantitative estimate of drug-likeness (QED) is 0.602. The SMILES string of the molecule is C[C@@H]1CC=C(OC(F)(F)F)CC1. The predicted molar refractivity (Wildman–Crippen MR) is 38.2 cm³/mol. The molecule has 0 radical (unpaired) electrons. The Balaban J connectivity index is 2.44. The van der Waals surface area contributed by atoms with E-state index in [1.165, 1.54) is 6.08 Å². The Labute approximate surface area is 69.2 Å². The molecule has 0 aromatic heterocycles. The van der Waals surface area contributed by atoms with Gasteiger partial charge in [0, 0.05) is 6.42 Å². The van der Waals surface area contributed by atoms with Gasteiger partial charge in [-0.05, 0) is 24.8 Å². The van der Waals surface area contributed by atoms with Crippen LogP contribution in [0.5, 0.6) is 0 Å². The zero-order valence-corrected chi connectivity index (χ0v) is 6.82. The first kappa shape index (κ1) is 9.42. The third-order valence-corrected chi connectivity index (χ3v) is 1.88. The number of halogens is 3. The van der Waals surface area contributed by atoms with Crippen LogP contribution in [-0.2, 0) is 4.74 Å². The maximum Gasteiger partial charge on any atom is 0.572 e. The fourth-order valence-corrected chi connectivity index (χ4v) is 1.18. The summed E-state index contributed by atoms with van der Waals surface area (Å²) >= 11 is 0. The van der Waals surface area contributed by atoms with E-state index < -0.39 is 6.36 Å². The molecular formula is C8H11F3O. The lowest BCUT2D eigenvalue weighted by Crippen LogP contribution is -2.15. The molecule has 0 amide bonds. The minimum atomic E-state index is -4.52. The summed E-state index contributed by atoms with van der Waals surface area (Å²) in [4.78, 5) is 0. The lowest BCUT2D eigenvalue weighted by atomic mass is 9.95. The Kier molecular flexibility index (Phi) is 2.65. The number of allylic oxidation sites excluding steroid dienone is 2. The van der Waals surface area contributed by atoms with Gasteiger partial charge in [0.15, 0.2) is 0 Å². The van der Waals surface area contributed by atoms with E-state index in [2.05, 4.69) is 4.74 Å². The molecule has 0 saturated carbocycles. The van der Waals surface area contributed by atoms with E-state index in [1.807, 2.05) is 6.92 Å². The lowest BCUT2D eigenvalue weighted by Gasteiger charge is -2.19. The van der Waals surface area contributed by atoms with Crippen molar-refractivity contribution in [3.8, 4) is 0 Å². The monoisotopic (exact) mass is 180 g/mol. The highest BCUT2D eigenvalue weighted by Crippen LogP contribution is 2.29. The first-order chi connectivity index (χ1) is 5.47. The van der Waals surface area contributed by atoms with Gasteiger partial charge in [-0.2, -0.15) is 0 Å². The van der Waals surface area contributed by atoms with Gasteiger partial charge in [-0.1, -0.05) is 6.92 Å². The number of hydrogen-bond donors (Lipinski definition) is 0. The molecule has 0 saturated heterocycles. The van der Waals surface area contributed by atoms with Gasteiger partial charge in [0.2, 0.25) is 0 Å². The highest BCUT2D eigenvalue weighted by molar-refractivity contribution is 4.98. The summed E-state index contributed by atoms with van der Waals surface area (Å²) in [5.41, 5.74) is 0. The summed E-state index contributed by atoms with van der Waals surface area (Å²) in [6.45, 7) is 2.01. The summed E-state index contributed by atoms with van der Waals surface area (Å²) in [5, 5.41) is 0. The average Bonchev–Trinajstić information content (AvgIpc) is 1.91. The van der Waals surface area contributed by atoms with Gasteiger partial charge in [-0.15, -0.1) is 13.2 Å². The van der Waals surface area contributed by atoms with Crippen molar-refractivity contribution < 1.29 is 17.9 Å². The first-order valence-electron chi connectivity index (χ1n) is 3.92. The molecule has 12 heavy (non-hydrogen) atoms. The zero-order chi connectivity index (χ0) is 9.19. The largest absolute Gasteiger partial charge is 0.572 e. The Hall–Kier alpha value is -0.670. The fourth-order valence-electron chi connectivity index (χ4n) is 1.18. The average molecular weight is 180 g/mol. The Morgan fingerprint density at radius 2 is 2.17 bits per heavy atom. The number of ether oxygens (including phenoxy) is 1. The van der Waals surface area contributed by atoms with Crippen molar-refractivity contribution in [3.63, 3.8) is 0 Å². The molecule has 4 heteroatoms. The Morgan fingerprint density at radius 3 is 2.58 bits per heavy atom. The highest BCUT2D eigenvalue weighted by atomic mass is 19.4. The minimum absolute atomic E-state index is 0.0700. The molecule has 70 valence electrons. The van der Waals surface area contributed by atoms with Gasteiger partial charge in [-0.3, -0.25) is 0 Å². The van der Waals surface area contributed by atoms with Crippen molar-refractivity contribution in [2.45, 2.75) is 32.5 Å². The molecular weight excluding hydrogens is 169 g/mol. The second kappa shape index (κ2) is 3.37. The molecule has 0 spiro atoms. The van der Waals surface area contributed by atoms with Crippen LogP contribution in [-0.4, -0.2) is 6.36 Å². The number of alkyl halides is 3. The van der Waals surface area contributed by atoms with E-state index in [-0.39, 0.29) is 5.76 Å². The van der Waals surface area contributed by atoms with E-state index in [0.717, 1.165) is 6.42 Å². The second-order valence-corrected chi connectivity index (χ2v) is 3.10. The maximum atomic E-state index is 11.7. The van der Waals surface area contributed by atoms with Gasteiger partial charge >= 0.3 is 6.36 Å². The summed E-state index contributed by atoms with van der Waals surface area (Å²) in [6, 6.07) is 0. The van der Waals surface area contributed by atoms with Crippen LogP contribution in [0.15, 0.2) is 11.8 Å². The van der Waals surface area contributed by atoms with Gasteiger partial charge in [0.25, 0.3) is 0 Å². The van der Waals surface area contributed by atoms with E-state index in [0.29, 0.717) is 18.8 Å². The van der Waals surface area contributed by atoms with Crippen LogP contribution in [0, 0.1) is 5.92 Å². The van der Waals surface area contributed by atoms with Crippen molar-refractivity contribution in [1.82, 2.24) is 0 Å². The molecule has 0 heterocycles. The van der Waals surface area contributed by atoms with Gasteiger partial charge in [0.05, 0.1) is 0 Å². The van der Waals surface area contributed by atoms with E-state index in [9.17, 15) is 13.2 Å². The van der Waals surface area contributed by atoms with E-state index in [4.69, 9.17) is 0 Å². The van der Waals surface area contributed by atoms with Crippen molar-refractivity contribution in [2.75, 3.05) is 0 Å². The van der Waals surface area contributed by atoms with Crippen molar-refractivity contribution in [1.29, 1.82) is 0 Å². The van der Waals surface area contributed by atoms with E-state index >= 15 is 0 Å². The zero-order valence-electron chi connectivity index (χ0n) is 6.82. The Bertz CT molecular complexity index is 183. The standard InChI is InChI=1S/C8H11F3O/c1-6-2-4-7(5-3-6)12-8(9,10)11/h4,6H,2-3,5H2,1H3/t6-/m1/s1. The first-order valence-corrected chi connectivity index (χ1v) is 3.92. The van der Waals surface area contributed by atoms with Crippen LogP contribution in [0.1, 0.15) is 26.2 Å². The Morgan fingerprint density at radius 1 is 1.50 bits per heavy atom. The smallest absolute Gasteiger partial charge is 0.411 e. The normalized spacial score (nSPS) is 25.0. The van der Waals surface area contributed by atoms with Crippen LogP contribution >= 0.6 is 0 Å². The predicted octanol–water partition coefficient (Wildman–Crippen LogP) is 3.23. The molecule has 0 bridgehead atoms. The molecule has 1 nitrogen and oxygen atoms in total. The maximum absolute atomic E-state index is 11.7. The van der Waals surface area contributed by atoms with Crippen molar-refractivity contribution >= 4 is 0 Å². The van der Waals surface area contributed by atoms with Gasteiger partial charge in [0.1, 0.15) is 5.76 Å². The van der Waals surface area contributed by atoms with Crippen LogP contribution in [0.2, 0.25) is 0 Å². The van der Waals surface area contributed by atoms with Crippen LogP contribution in [0.4, 0.5) is 13.2 Å². The lowest BCUT2D eigenvalue weighted by molar-refractivity contribution is -0.307. The molecule has 0 fully saturated rings. The van der Waals surface area contributed by atoms with Crippen LogP contribution in [0.3, 0.4) is 0 Å². The van der Waals surface area contributed by atoms with E-state index in [1.54, 1.807) is 0 Å². The number of rotatable bonds is 1. The minimum Gasteiger partial charge on any atom is -0.411 e. The van der Waals surface area contributed by atoms with Crippen molar-refractivity contribution in [2.24, 2.45) is 5.92 Å². The molecule has 1 rings (SSSR count). The van der Waals surface area contributed by atoms with Crippen molar-refractivity contribution in [3.05, 3.63) is 11.8 Å². The molecule has 1 aliphatic rings. The topological polar surface area (TPSA) is 9.23 Å².